The predicted octanol–water partition coefficient (Wildman–Crippen LogP) is 2.55. The topological polar surface area (TPSA) is 40.7 Å². The third-order valence-corrected chi connectivity index (χ3v) is 4.27. The van der Waals surface area contributed by atoms with Gasteiger partial charge in [-0.25, -0.2) is 4.98 Å². The molecule has 0 bridgehead atoms. The van der Waals surface area contributed by atoms with Crippen LogP contribution >= 0.6 is 11.8 Å². The predicted molar refractivity (Wildman–Crippen MR) is 73.3 cm³/mol. The second-order valence-electron chi connectivity index (χ2n) is 4.47. The lowest BCUT2D eigenvalue weighted by atomic mass is 10.1. The summed E-state index contributed by atoms with van der Waals surface area (Å²) in [7, 11) is 0. The van der Waals surface area contributed by atoms with E-state index in [1.807, 2.05) is 18.2 Å². The molecule has 0 spiro atoms. The first-order valence-electron chi connectivity index (χ1n) is 6.16. The number of thioether (sulfide) groups is 1. The van der Waals surface area contributed by atoms with Crippen LogP contribution in [0.2, 0.25) is 0 Å². The summed E-state index contributed by atoms with van der Waals surface area (Å²) in [5, 5.41) is 3.59. The van der Waals surface area contributed by atoms with Gasteiger partial charge in [0.2, 0.25) is 0 Å². The number of para-hydroxylation sites is 2. The SMILES string of the molecule is c1ccc2[nH]c(CNC3CCSCC3)nc2c1. The molecule has 90 valence electrons. The van der Waals surface area contributed by atoms with E-state index in [1.54, 1.807) is 0 Å². The highest BCUT2D eigenvalue weighted by atomic mass is 32.2. The molecule has 1 saturated heterocycles. The van der Waals surface area contributed by atoms with Crippen molar-refractivity contribution < 1.29 is 0 Å². The Morgan fingerprint density at radius 2 is 2.12 bits per heavy atom. The fourth-order valence-corrected chi connectivity index (χ4v) is 3.34. The molecule has 4 heteroatoms. The molecule has 1 aromatic carbocycles. The van der Waals surface area contributed by atoms with Crippen molar-refractivity contribution in [3.63, 3.8) is 0 Å². The Bertz CT molecular complexity index is 455. The summed E-state index contributed by atoms with van der Waals surface area (Å²) < 4.78 is 0. The van der Waals surface area contributed by atoms with E-state index in [9.17, 15) is 0 Å². The van der Waals surface area contributed by atoms with Crippen LogP contribution in [0.4, 0.5) is 0 Å². The van der Waals surface area contributed by atoms with Gasteiger partial charge in [0, 0.05) is 6.04 Å². The number of H-pyrrole nitrogens is 1. The Balaban J connectivity index is 1.64. The number of nitrogens with one attached hydrogen (secondary N) is 2. The van der Waals surface area contributed by atoms with E-state index in [2.05, 4.69) is 33.1 Å². The minimum atomic E-state index is 0.671. The highest BCUT2D eigenvalue weighted by Gasteiger charge is 2.13. The van der Waals surface area contributed by atoms with Crippen LogP contribution in [0, 0.1) is 0 Å². The summed E-state index contributed by atoms with van der Waals surface area (Å²) in [6.45, 7) is 0.851. The van der Waals surface area contributed by atoms with Gasteiger partial charge in [-0.2, -0.15) is 11.8 Å². The van der Waals surface area contributed by atoms with Crippen molar-refractivity contribution in [3.05, 3.63) is 30.1 Å². The summed E-state index contributed by atoms with van der Waals surface area (Å²) in [6, 6.07) is 8.86. The number of hydrogen-bond donors (Lipinski definition) is 2. The van der Waals surface area contributed by atoms with Crippen molar-refractivity contribution in [2.75, 3.05) is 11.5 Å². The average molecular weight is 247 g/mol. The van der Waals surface area contributed by atoms with Gasteiger partial charge in [0.1, 0.15) is 5.82 Å². The third kappa shape index (κ3) is 2.64. The van der Waals surface area contributed by atoms with E-state index < -0.39 is 0 Å². The van der Waals surface area contributed by atoms with Gasteiger partial charge in [0.15, 0.2) is 0 Å². The van der Waals surface area contributed by atoms with E-state index in [0.717, 1.165) is 23.4 Å². The minimum Gasteiger partial charge on any atom is -0.341 e. The molecule has 2 N–H and O–H groups in total. The summed E-state index contributed by atoms with van der Waals surface area (Å²) in [5.74, 6) is 3.62. The van der Waals surface area contributed by atoms with Gasteiger partial charge in [0.25, 0.3) is 0 Å². The standard InChI is InChI=1S/C13H17N3S/c1-2-4-12-11(3-1)15-13(16-12)9-14-10-5-7-17-8-6-10/h1-4,10,14H,5-9H2,(H,15,16). The maximum absolute atomic E-state index is 4.57. The van der Waals surface area contributed by atoms with Gasteiger partial charge in [-0.1, -0.05) is 12.1 Å². The van der Waals surface area contributed by atoms with Crippen molar-refractivity contribution in [2.24, 2.45) is 0 Å². The van der Waals surface area contributed by atoms with Gasteiger partial charge in [0.05, 0.1) is 17.6 Å². The van der Waals surface area contributed by atoms with Gasteiger partial charge < -0.3 is 10.3 Å². The summed E-state index contributed by atoms with van der Waals surface area (Å²) in [4.78, 5) is 7.93. The first-order chi connectivity index (χ1) is 8.42. The lowest BCUT2D eigenvalue weighted by Gasteiger charge is -2.21. The molecule has 0 aliphatic carbocycles. The van der Waals surface area contributed by atoms with Crippen LogP contribution in [0.3, 0.4) is 0 Å². The molecule has 3 nitrogen and oxygen atoms in total. The van der Waals surface area contributed by atoms with Crippen molar-refractivity contribution in [2.45, 2.75) is 25.4 Å². The Kier molecular flexibility index (Phi) is 3.34. The number of nitrogens with zero attached hydrogens (tertiary/aromatic N) is 1. The zero-order chi connectivity index (χ0) is 11.5. The Hall–Kier alpha value is -1.00. The molecular weight excluding hydrogens is 230 g/mol. The second kappa shape index (κ2) is 5.10. The van der Waals surface area contributed by atoms with E-state index in [-0.39, 0.29) is 0 Å². The molecule has 1 aromatic heterocycles. The molecule has 3 rings (SSSR count). The van der Waals surface area contributed by atoms with E-state index in [0.29, 0.717) is 6.04 Å². The van der Waals surface area contributed by atoms with Gasteiger partial charge in [-0.3, -0.25) is 0 Å². The molecule has 1 aliphatic rings. The van der Waals surface area contributed by atoms with Crippen molar-refractivity contribution >= 4 is 22.8 Å². The maximum atomic E-state index is 4.57. The molecule has 0 unspecified atom stereocenters. The van der Waals surface area contributed by atoms with Crippen molar-refractivity contribution in [3.8, 4) is 0 Å². The van der Waals surface area contributed by atoms with E-state index in [1.165, 1.54) is 24.3 Å². The normalized spacial score (nSPS) is 17.6. The number of imidazole rings is 1. The molecule has 1 aliphatic heterocycles. The Morgan fingerprint density at radius 3 is 2.94 bits per heavy atom. The van der Waals surface area contributed by atoms with Crippen LogP contribution in [0.5, 0.6) is 0 Å². The number of fused-ring (bicyclic) bond motifs is 1. The lowest BCUT2D eigenvalue weighted by molar-refractivity contribution is 0.476. The Morgan fingerprint density at radius 1 is 1.29 bits per heavy atom. The molecule has 2 aromatic rings. The molecule has 2 heterocycles. The third-order valence-electron chi connectivity index (χ3n) is 3.22. The fourth-order valence-electron chi connectivity index (χ4n) is 2.23. The van der Waals surface area contributed by atoms with Crippen molar-refractivity contribution in [1.29, 1.82) is 0 Å². The number of benzene rings is 1. The van der Waals surface area contributed by atoms with E-state index >= 15 is 0 Å². The van der Waals surface area contributed by atoms with Crippen LogP contribution in [-0.2, 0) is 6.54 Å². The number of hydrogen-bond acceptors (Lipinski definition) is 3. The first kappa shape index (κ1) is 11.1. The molecular formula is C13H17N3S. The minimum absolute atomic E-state index is 0.671. The fraction of sp³-hybridized carbons (Fsp3) is 0.462. The zero-order valence-corrected chi connectivity index (χ0v) is 10.6. The van der Waals surface area contributed by atoms with Crippen LogP contribution in [0.25, 0.3) is 11.0 Å². The monoisotopic (exact) mass is 247 g/mol. The Labute approximate surface area is 105 Å². The summed E-state index contributed by atoms with van der Waals surface area (Å²) in [6.07, 6.45) is 2.57. The largest absolute Gasteiger partial charge is 0.341 e. The molecule has 0 amide bonds. The summed E-state index contributed by atoms with van der Waals surface area (Å²) >= 11 is 2.06. The molecule has 0 atom stereocenters. The zero-order valence-electron chi connectivity index (χ0n) is 9.78. The van der Waals surface area contributed by atoms with Crippen LogP contribution in [0.1, 0.15) is 18.7 Å². The number of rotatable bonds is 3. The van der Waals surface area contributed by atoms with E-state index in [4.69, 9.17) is 0 Å². The lowest BCUT2D eigenvalue weighted by Crippen LogP contribution is -2.32. The average Bonchev–Trinajstić information content (AvgIpc) is 2.80. The van der Waals surface area contributed by atoms with Crippen LogP contribution < -0.4 is 5.32 Å². The highest BCUT2D eigenvalue weighted by molar-refractivity contribution is 7.99. The van der Waals surface area contributed by atoms with Crippen molar-refractivity contribution in [1.82, 2.24) is 15.3 Å². The van der Waals surface area contributed by atoms with Gasteiger partial charge in [-0.15, -0.1) is 0 Å². The highest BCUT2D eigenvalue weighted by Crippen LogP contribution is 2.17. The number of aromatic amines is 1. The number of aromatic nitrogens is 2. The maximum Gasteiger partial charge on any atom is 0.121 e. The second-order valence-corrected chi connectivity index (χ2v) is 5.69. The molecule has 1 fully saturated rings. The van der Waals surface area contributed by atoms with Crippen LogP contribution in [-0.4, -0.2) is 27.5 Å². The smallest absolute Gasteiger partial charge is 0.121 e. The molecule has 0 saturated carbocycles. The molecule has 17 heavy (non-hydrogen) atoms. The van der Waals surface area contributed by atoms with Gasteiger partial charge >= 0.3 is 0 Å². The summed E-state index contributed by atoms with van der Waals surface area (Å²) in [5.41, 5.74) is 2.19. The van der Waals surface area contributed by atoms with Crippen LogP contribution in [0.15, 0.2) is 24.3 Å². The molecule has 0 radical (unpaired) electrons. The quantitative estimate of drug-likeness (QED) is 0.875. The first-order valence-corrected chi connectivity index (χ1v) is 7.32. The van der Waals surface area contributed by atoms with Gasteiger partial charge in [-0.05, 0) is 36.5 Å².